The molecule has 2 aromatic carbocycles. The highest BCUT2D eigenvalue weighted by Crippen LogP contribution is 2.17. The zero-order valence-corrected chi connectivity index (χ0v) is 14.7. The van der Waals surface area contributed by atoms with E-state index in [9.17, 15) is 9.59 Å². The van der Waals surface area contributed by atoms with Crippen LogP contribution in [0.15, 0.2) is 47.3 Å². The van der Waals surface area contributed by atoms with Crippen LogP contribution in [0.2, 0.25) is 0 Å². The molecule has 124 valence electrons. The molecular formula is C19H20N2O2S. The summed E-state index contributed by atoms with van der Waals surface area (Å²) in [5.74, 6) is -0.0193. The maximum absolute atomic E-state index is 12.2. The Morgan fingerprint density at radius 1 is 1.12 bits per heavy atom. The molecular weight excluding hydrogens is 320 g/mol. The van der Waals surface area contributed by atoms with Gasteiger partial charge in [0.1, 0.15) is 0 Å². The fourth-order valence-electron chi connectivity index (χ4n) is 2.82. The average Bonchev–Trinajstić information content (AvgIpc) is 2.83. The van der Waals surface area contributed by atoms with Gasteiger partial charge in [-0.15, -0.1) is 0 Å². The van der Waals surface area contributed by atoms with E-state index in [4.69, 9.17) is 0 Å². The number of rotatable bonds is 5. The van der Waals surface area contributed by atoms with Crippen molar-refractivity contribution in [2.45, 2.75) is 33.2 Å². The van der Waals surface area contributed by atoms with Gasteiger partial charge in [-0.25, -0.2) is 0 Å². The normalized spacial score (nSPS) is 10.9. The van der Waals surface area contributed by atoms with Crippen molar-refractivity contribution in [2.24, 2.45) is 0 Å². The zero-order chi connectivity index (χ0) is 17.1. The molecule has 0 bridgehead atoms. The van der Waals surface area contributed by atoms with E-state index in [1.807, 2.05) is 50.2 Å². The van der Waals surface area contributed by atoms with E-state index in [0.717, 1.165) is 26.9 Å². The van der Waals surface area contributed by atoms with E-state index < -0.39 is 0 Å². The van der Waals surface area contributed by atoms with Gasteiger partial charge in [-0.2, -0.15) is 0 Å². The summed E-state index contributed by atoms with van der Waals surface area (Å²) in [6, 6.07) is 13.6. The number of aromatic nitrogens is 1. The van der Waals surface area contributed by atoms with E-state index in [2.05, 4.69) is 11.4 Å². The molecule has 0 aliphatic rings. The van der Waals surface area contributed by atoms with Crippen molar-refractivity contribution < 1.29 is 4.79 Å². The van der Waals surface area contributed by atoms with E-state index in [1.165, 1.54) is 11.5 Å². The summed E-state index contributed by atoms with van der Waals surface area (Å²) in [5, 5.41) is 3.68. The third kappa shape index (κ3) is 3.74. The molecule has 3 rings (SSSR count). The monoisotopic (exact) mass is 340 g/mol. The van der Waals surface area contributed by atoms with Crippen LogP contribution >= 0.6 is 11.5 Å². The summed E-state index contributed by atoms with van der Waals surface area (Å²) in [6.45, 7) is 4.59. The number of benzene rings is 2. The number of anilines is 1. The molecule has 1 N–H and O–H groups in total. The highest BCUT2D eigenvalue weighted by atomic mass is 32.1. The molecule has 0 radical (unpaired) electrons. The fraction of sp³-hybridized carbons (Fsp3) is 0.263. The maximum Gasteiger partial charge on any atom is 0.268 e. The van der Waals surface area contributed by atoms with Gasteiger partial charge in [0.2, 0.25) is 5.91 Å². The number of amides is 1. The Hall–Kier alpha value is -2.40. The number of carbonyl (C=O) groups is 1. The molecule has 0 saturated carbocycles. The molecule has 0 aliphatic carbocycles. The van der Waals surface area contributed by atoms with Gasteiger partial charge >= 0.3 is 0 Å². The fourth-order valence-corrected chi connectivity index (χ4v) is 3.85. The van der Waals surface area contributed by atoms with Crippen LogP contribution in [0.25, 0.3) is 10.1 Å². The molecule has 0 fully saturated rings. The summed E-state index contributed by atoms with van der Waals surface area (Å²) < 4.78 is 2.72. The van der Waals surface area contributed by atoms with Crippen LogP contribution in [0.3, 0.4) is 0 Å². The standard InChI is InChI=1S/C19H20N2O2S/c1-13-10-14(2)12-15(11-13)20-18(22)8-5-9-21-19(23)16-6-3-4-7-17(16)24-21/h3-4,6-7,10-12H,5,8-9H2,1-2H3,(H,20,22). The number of nitrogens with one attached hydrogen (secondary N) is 1. The lowest BCUT2D eigenvalue weighted by Crippen LogP contribution is -2.16. The van der Waals surface area contributed by atoms with Crippen LogP contribution in [0.1, 0.15) is 24.0 Å². The molecule has 5 heteroatoms. The molecule has 24 heavy (non-hydrogen) atoms. The van der Waals surface area contributed by atoms with Crippen molar-refractivity contribution in [1.82, 2.24) is 3.96 Å². The Labute approximate surface area is 144 Å². The Kier molecular flexibility index (Phi) is 4.81. The topological polar surface area (TPSA) is 51.1 Å². The van der Waals surface area contributed by atoms with E-state index in [-0.39, 0.29) is 11.5 Å². The van der Waals surface area contributed by atoms with Gasteiger partial charge < -0.3 is 5.32 Å². The van der Waals surface area contributed by atoms with E-state index in [0.29, 0.717) is 19.4 Å². The van der Waals surface area contributed by atoms with Gasteiger partial charge in [-0.1, -0.05) is 29.7 Å². The lowest BCUT2D eigenvalue weighted by molar-refractivity contribution is -0.116. The quantitative estimate of drug-likeness (QED) is 0.760. The second kappa shape index (κ2) is 7.01. The molecule has 0 atom stereocenters. The second-order valence-corrected chi connectivity index (χ2v) is 7.09. The van der Waals surface area contributed by atoms with Crippen molar-refractivity contribution in [1.29, 1.82) is 0 Å². The third-order valence-electron chi connectivity index (χ3n) is 3.82. The van der Waals surface area contributed by atoms with Gasteiger partial charge in [0, 0.05) is 18.7 Å². The lowest BCUT2D eigenvalue weighted by Gasteiger charge is -2.07. The summed E-state index contributed by atoms with van der Waals surface area (Å²) in [6.07, 6.45) is 1.04. The van der Waals surface area contributed by atoms with Gasteiger partial charge in [0.05, 0.1) is 10.1 Å². The zero-order valence-electron chi connectivity index (χ0n) is 13.8. The molecule has 0 saturated heterocycles. The Morgan fingerprint density at radius 3 is 2.54 bits per heavy atom. The van der Waals surface area contributed by atoms with Crippen LogP contribution in [0.4, 0.5) is 5.69 Å². The van der Waals surface area contributed by atoms with Crippen molar-refractivity contribution in [2.75, 3.05) is 5.32 Å². The first-order valence-corrected chi connectivity index (χ1v) is 8.77. The summed E-state index contributed by atoms with van der Waals surface area (Å²) >= 11 is 1.46. The van der Waals surface area contributed by atoms with E-state index in [1.54, 1.807) is 3.96 Å². The summed E-state index contributed by atoms with van der Waals surface area (Å²) in [7, 11) is 0. The molecule has 1 heterocycles. The van der Waals surface area contributed by atoms with Crippen LogP contribution in [-0.4, -0.2) is 9.86 Å². The van der Waals surface area contributed by atoms with Gasteiger partial charge in [0.15, 0.2) is 0 Å². The number of aryl methyl sites for hydroxylation is 3. The second-order valence-electron chi connectivity index (χ2n) is 6.02. The van der Waals surface area contributed by atoms with Crippen molar-refractivity contribution in [3.63, 3.8) is 0 Å². The van der Waals surface area contributed by atoms with Crippen molar-refractivity contribution >= 4 is 33.2 Å². The van der Waals surface area contributed by atoms with E-state index >= 15 is 0 Å². The molecule has 0 spiro atoms. The molecule has 0 unspecified atom stereocenters. The first-order valence-electron chi connectivity index (χ1n) is 8.00. The SMILES string of the molecule is Cc1cc(C)cc(NC(=O)CCCn2sc3ccccc3c2=O)c1. The Morgan fingerprint density at radius 2 is 1.83 bits per heavy atom. The van der Waals surface area contributed by atoms with Crippen molar-refractivity contribution in [3.05, 3.63) is 63.9 Å². The number of carbonyl (C=O) groups excluding carboxylic acids is 1. The molecule has 3 aromatic rings. The van der Waals surface area contributed by atoms with Gasteiger partial charge in [-0.05, 0) is 55.7 Å². The van der Waals surface area contributed by atoms with Crippen LogP contribution in [0, 0.1) is 13.8 Å². The smallest absolute Gasteiger partial charge is 0.268 e. The number of fused-ring (bicyclic) bond motifs is 1. The summed E-state index contributed by atoms with van der Waals surface area (Å²) in [5.41, 5.74) is 3.12. The minimum atomic E-state index is -0.0193. The van der Waals surface area contributed by atoms with Crippen LogP contribution in [-0.2, 0) is 11.3 Å². The minimum Gasteiger partial charge on any atom is -0.326 e. The highest BCUT2D eigenvalue weighted by Gasteiger charge is 2.08. The number of hydrogen-bond acceptors (Lipinski definition) is 3. The predicted molar refractivity (Wildman–Crippen MR) is 99.9 cm³/mol. The minimum absolute atomic E-state index is 0.0193. The van der Waals surface area contributed by atoms with Crippen LogP contribution < -0.4 is 10.9 Å². The highest BCUT2D eigenvalue weighted by molar-refractivity contribution is 7.13. The third-order valence-corrected chi connectivity index (χ3v) is 4.94. The average molecular weight is 340 g/mol. The molecule has 1 aromatic heterocycles. The van der Waals surface area contributed by atoms with Crippen LogP contribution in [0.5, 0.6) is 0 Å². The predicted octanol–water partition coefficient (Wildman–Crippen LogP) is 4.10. The largest absolute Gasteiger partial charge is 0.326 e. The van der Waals surface area contributed by atoms with Gasteiger partial charge in [0.25, 0.3) is 5.56 Å². The Balaban J connectivity index is 1.58. The number of nitrogens with zero attached hydrogens (tertiary/aromatic N) is 1. The first kappa shape index (κ1) is 16.5. The Bertz CT molecular complexity index is 920. The summed E-state index contributed by atoms with van der Waals surface area (Å²) in [4.78, 5) is 24.3. The molecule has 4 nitrogen and oxygen atoms in total. The first-order chi connectivity index (χ1) is 11.5. The van der Waals surface area contributed by atoms with Crippen molar-refractivity contribution in [3.8, 4) is 0 Å². The molecule has 1 amide bonds. The lowest BCUT2D eigenvalue weighted by atomic mass is 10.1. The molecule has 0 aliphatic heterocycles. The number of hydrogen-bond donors (Lipinski definition) is 1. The van der Waals surface area contributed by atoms with Gasteiger partial charge in [-0.3, -0.25) is 13.5 Å². The maximum atomic E-state index is 12.2.